The van der Waals surface area contributed by atoms with E-state index in [1.165, 1.54) is 5.56 Å². The molecule has 3 nitrogen and oxygen atoms in total. The van der Waals surface area contributed by atoms with Gasteiger partial charge in [-0.3, -0.25) is 4.79 Å². The number of amides is 1. The standard InChI is InChI=1S/C17H26N2O/c1-4-19(15-10-8-14(18)9-11-15)17(20)16-7-5-6-12(2)13(16)3/h5-7,14-15H,4,8-11,18H2,1-3H3. The highest BCUT2D eigenvalue weighted by molar-refractivity contribution is 5.96. The summed E-state index contributed by atoms with van der Waals surface area (Å²) in [5.41, 5.74) is 9.09. The fourth-order valence-corrected chi connectivity index (χ4v) is 3.12. The first-order valence-corrected chi connectivity index (χ1v) is 7.67. The van der Waals surface area contributed by atoms with Crippen LogP contribution < -0.4 is 5.73 Å². The molecule has 1 fully saturated rings. The van der Waals surface area contributed by atoms with Crippen LogP contribution in [-0.4, -0.2) is 29.4 Å². The van der Waals surface area contributed by atoms with Gasteiger partial charge in [-0.05, 0) is 63.6 Å². The molecule has 0 heterocycles. The third kappa shape index (κ3) is 3.04. The maximum Gasteiger partial charge on any atom is 0.254 e. The van der Waals surface area contributed by atoms with Gasteiger partial charge in [0, 0.05) is 24.2 Å². The van der Waals surface area contributed by atoms with Crippen LogP contribution in [0.3, 0.4) is 0 Å². The fourth-order valence-electron chi connectivity index (χ4n) is 3.12. The average Bonchev–Trinajstić information content (AvgIpc) is 2.44. The fraction of sp³-hybridized carbons (Fsp3) is 0.588. The van der Waals surface area contributed by atoms with Crippen molar-refractivity contribution >= 4 is 5.91 Å². The molecule has 0 aliphatic heterocycles. The first-order chi connectivity index (χ1) is 9.54. The van der Waals surface area contributed by atoms with Gasteiger partial charge in [0.05, 0.1) is 0 Å². The number of nitrogens with two attached hydrogens (primary N) is 1. The van der Waals surface area contributed by atoms with Gasteiger partial charge in [-0.15, -0.1) is 0 Å². The summed E-state index contributed by atoms with van der Waals surface area (Å²) in [5.74, 6) is 0.175. The van der Waals surface area contributed by atoms with Crippen molar-refractivity contribution in [1.82, 2.24) is 4.90 Å². The van der Waals surface area contributed by atoms with E-state index in [4.69, 9.17) is 5.73 Å². The summed E-state index contributed by atoms with van der Waals surface area (Å²) < 4.78 is 0. The second-order valence-electron chi connectivity index (χ2n) is 5.91. The van der Waals surface area contributed by atoms with E-state index in [1.54, 1.807) is 0 Å². The van der Waals surface area contributed by atoms with Crippen molar-refractivity contribution < 1.29 is 4.79 Å². The highest BCUT2D eigenvalue weighted by Crippen LogP contribution is 2.24. The molecule has 1 aromatic carbocycles. The van der Waals surface area contributed by atoms with Gasteiger partial charge in [-0.25, -0.2) is 0 Å². The summed E-state index contributed by atoms with van der Waals surface area (Å²) in [7, 11) is 0. The first-order valence-electron chi connectivity index (χ1n) is 7.67. The number of carbonyl (C=O) groups excluding carboxylic acids is 1. The molecule has 0 unspecified atom stereocenters. The summed E-state index contributed by atoms with van der Waals surface area (Å²) in [6, 6.07) is 6.65. The molecule has 0 aromatic heterocycles. The van der Waals surface area contributed by atoms with Crippen LogP contribution >= 0.6 is 0 Å². The predicted octanol–water partition coefficient (Wildman–Crippen LogP) is 3.04. The predicted molar refractivity (Wildman–Crippen MR) is 82.9 cm³/mol. The topological polar surface area (TPSA) is 46.3 Å². The van der Waals surface area contributed by atoms with Gasteiger partial charge in [0.1, 0.15) is 0 Å². The first kappa shape index (κ1) is 15.0. The van der Waals surface area contributed by atoms with Crippen molar-refractivity contribution in [2.24, 2.45) is 5.73 Å². The molecule has 0 spiro atoms. The summed E-state index contributed by atoms with van der Waals surface area (Å²) in [6.45, 7) is 6.93. The molecule has 110 valence electrons. The summed E-state index contributed by atoms with van der Waals surface area (Å²) in [4.78, 5) is 14.9. The van der Waals surface area contributed by atoms with E-state index in [0.717, 1.165) is 43.4 Å². The highest BCUT2D eigenvalue weighted by atomic mass is 16.2. The SMILES string of the molecule is CCN(C(=O)c1cccc(C)c1C)C1CCC(N)CC1. The zero-order valence-corrected chi connectivity index (χ0v) is 12.9. The van der Waals surface area contributed by atoms with Crippen LogP contribution in [-0.2, 0) is 0 Å². The van der Waals surface area contributed by atoms with Gasteiger partial charge in [0.15, 0.2) is 0 Å². The van der Waals surface area contributed by atoms with Gasteiger partial charge in [-0.2, -0.15) is 0 Å². The van der Waals surface area contributed by atoms with Gasteiger partial charge in [0.2, 0.25) is 0 Å². The Hall–Kier alpha value is -1.35. The number of nitrogens with zero attached hydrogens (tertiary/aromatic N) is 1. The third-order valence-electron chi connectivity index (χ3n) is 4.62. The second-order valence-corrected chi connectivity index (χ2v) is 5.91. The molecule has 0 radical (unpaired) electrons. The maximum atomic E-state index is 12.8. The third-order valence-corrected chi connectivity index (χ3v) is 4.62. The number of rotatable bonds is 3. The lowest BCUT2D eigenvalue weighted by molar-refractivity contribution is 0.0640. The molecule has 2 N–H and O–H groups in total. The van der Waals surface area contributed by atoms with Crippen LogP contribution in [0.15, 0.2) is 18.2 Å². The molecule has 1 aromatic rings. The monoisotopic (exact) mass is 274 g/mol. The average molecular weight is 274 g/mol. The maximum absolute atomic E-state index is 12.8. The van der Waals surface area contributed by atoms with Crippen molar-refractivity contribution in [2.45, 2.75) is 58.5 Å². The Morgan fingerprint density at radius 3 is 2.50 bits per heavy atom. The van der Waals surface area contributed by atoms with E-state index in [-0.39, 0.29) is 5.91 Å². The molecule has 1 aliphatic rings. The van der Waals surface area contributed by atoms with Gasteiger partial charge in [-0.1, -0.05) is 12.1 Å². The molecule has 0 saturated heterocycles. The molecule has 0 atom stereocenters. The Kier molecular flexibility index (Phi) is 4.81. The zero-order chi connectivity index (χ0) is 14.7. The van der Waals surface area contributed by atoms with E-state index >= 15 is 0 Å². The van der Waals surface area contributed by atoms with E-state index in [2.05, 4.69) is 19.9 Å². The molecule has 1 aliphatic carbocycles. The van der Waals surface area contributed by atoms with Crippen LogP contribution in [0.5, 0.6) is 0 Å². The van der Waals surface area contributed by atoms with Crippen LogP contribution in [0.1, 0.15) is 54.1 Å². The lowest BCUT2D eigenvalue weighted by Crippen LogP contribution is -2.44. The van der Waals surface area contributed by atoms with E-state index in [1.807, 2.05) is 24.0 Å². The van der Waals surface area contributed by atoms with Gasteiger partial charge in [0.25, 0.3) is 5.91 Å². The molecular formula is C17H26N2O. The largest absolute Gasteiger partial charge is 0.336 e. The van der Waals surface area contributed by atoms with Crippen molar-refractivity contribution in [3.8, 4) is 0 Å². The number of carbonyl (C=O) groups is 1. The smallest absolute Gasteiger partial charge is 0.254 e. The van der Waals surface area contributed by atoms with Crippen molar-refractivity contribution in [1.29, 1.82) is 0 Å². The van der Waals surface area contributed by atoms with Crippen LogP contribution in [0, 0.1) is 13.8 Å². The highest BCUT2D eigenvalue weighted by Gasteiger charge is 2.27. The van der Waals surface area contributed by atoms with E-state index < -0.39 is 0 Å². The minimum Gasteiger partial charge on any atom is -0.336 e. The summed E-state index contributed by atoms with van der Waals surface area (Å²) in [6.07, 6.45) is 4.12. The lowest BCUT2D eigenvalue weighted by Gasteiger charge is -2.35. The van der Waals surface area contributed by atoms with Gasteiger partial charge >= 0.3 is 0 Å². The number of aryl methyl sites for hydroxylation is 1. The lowest BCUT2D eigenvalue weighted by atomic mass is 9.90. The van der Waals surface area contributed by atoms with E-state index in [9.17, 15) is 4.79 Å². The normalized spacial score (nSPS) is 22.6. The van der Waals surface area contributed by atoms with Gasteiger partial charge < -0.3 is 10.6 Å². The molecule has 3 heteroatoms. The Labute approximate surface area is 122 Å². The van der Waals surface area contributed by atoms with Crippen LogP contribution in [0.25, 0.3) is 0 Å². The molecule has 2 rings (SSSR count). The molecule has 1 amide bonds. The second kappa shape index (κ2) is 6.40. The Morgan fingerprint density at radius 2 is 1.90 bits per heavy atom. The minimum atomic E-state index is 0.175. The minimum absolute atomic E-state index is 0.175. The Morgan fingerprint density at radius 1 is 1.25 bits per heavy atom. The van der Waals surface area contributed by atoms with Crippen molar-refractivity contribution in [3.63, 3.8) is 0 Å². The Balaban J connectivity index is 2.19. The van der Waals surface area contributed by atoms with Crippen molar-refractivity contribution in [2.75, 3.05) is 6.54 Å². The number of hydrogen-bond donors (Lipinski definition) is 1. The molecule has 0 bridgehead atoms. The molecular weight excluding hydrogens is 248 g/mol. The molecule has 20 heavy (non-hydrogen) atoms. The Bertz CT molecular complexity index is 476. The zero-order valence-electron chi connectivity index (χ0n) is 12.9. The summed E-state index contributed by atoms with van der Waals surface area (Å²) >= 11 is 0. The number of hydrogen-bond acceptors (Lipinski definition) is 2. The van der Waals surface area contributed by atoms with Crippen molar-refractivity contribution in [3.05, 3.63) is 34.9 Å². The van der Waals surface area contributed by atoms with Crippen LogP contribution in [0.4, 0.5) is 0 Å². The summed E-state index contributed by atoms with van der Waals surface area (Å²) in [5, 5.41) is 0. The number of benzene rings is 1. The quantitative estimate of drug-likeness (QED) is 0.921. The van der Waals surface area contributed by atoms with Crippen LogP contribution in [0.2, 0.25) is 0 Å². The molecule has 1 saturated carbocycles. The van der Waals surface area contributed by atoms with E-state index in [0.29, 0.717) is 12.1 Å².